The molecule has 3 rings (SSSR count). The van der Waals surface area contributed by atoms with Crippen molar-refractivity contribution < 1.29 is 4.39 Å². The minimum absolute atomic E-state index is 0.103. The van der Waals surface area contributed by atoms with Crippen molar-refractivity contribution in [2.75, 3.05) is 13.1 Å². The summed E-state index contributed by atoms with van der Waals surface area (Å²) >= 11 is 0. The maximum Gasteiger partial charge on any atom is 0.128 e. The fourth-order valence-corrected chi connectivity index (χ4v) is 2.53. The number of H-pyrrole nitrogens is 1. The second-order valence-corrected chi connectivity index (χ2v) is 4.87. The van der Waals surface area contributed by atoms with Crippen LogP contribution in [0, 0.1) is 5.82 Å². The van der Waals surface area contributed by atoms with Gasteiger partial charge >= 0.3 is 0 Å². The van der Waals surface area contributed by atoms with Crippen molar-refractivity contribution >= 4 is 0 Å². The Morgan fingerprint density at radius 2 is 2.00 bits per heavy atom. The third-order valence-electron chi connectivity index (χ3n) is 3.55. The summed E-state index contributed by atoms with van der Waals surface area (Å²) in [5.74, 6) is -0.103. The van der Waals surface area contributed by atoms with Gasteiger partial charge in [0.2, 0.25) is 0 Å². The Labute approximate surface area is 106 Å². The van der Waals surface area contributed by atoms with E-state index in [2.05, 4.69) is 9.88 Å². The van der Waals surface area contributed by atoms with E-state index >= 15 is 0 Å². The summed E-state index contributed by atoms with van der Waals surface area (Å²) in [6.45, 7) is 2.92. The lowest BCUT2D eigenvalue weighted by Gasteiger charge is -2.15. The Morgan fingerprint density at radius 1 is 1.17 bits per heavy atom. The third kappa shape index (κ3) is 2.31. The Balaban J connectivity index is 1.80. The zero-order valence-electron chi connectivity index (χ0n) is 10.3. The average molecular weight is 244 g/mol. The van der Waals surface area contributed by atoms with Crippen molar-refractivity contribution in [2.45, 2.75) is 19.4 Å². The maximum atomic E-state index is 14.1. The van der Waals surface area contributed by atoms with E-state index in [1.807, 2.05) is 30.5 Å². The molecule has 94 valence electrons. The molecule has 0 saturated carbocycles. The number of aromatic nitrogens is 1. The molecular formula is C15H17FN2. The molecule has 18 heavy (non-hydrogen) atoms. The number of nitrogens with one attached hydrogen (secondary N) is 1. The molecule has 0 aliphatic carbocycles. The molecule has 1 aliphatic heterocycles. The number of hydrogen-bond acceptors (Lipinski definition) is 1. The zero-order chi connectivity index (χ0) is 12.4. The van der Waals surface area contributed by atoms with Crippen molar-refractivity contribution in [3.05, 3.63) is 47.9 Å². The van der Waals surface area contributed by atoms with Gasteiger partial charge in [0, 0.05) is 29.6 Å². The zero-order valence-corrected chi connectivity index (χ0v) is 10.3. The molecule has 0 radical (unpaired) electrons. The SMILES string of the molecule is Fc1cc(-c2ccc[nH]2)ccc1CN1CCCC1. The summed E-state index contributed by atoms with van der Waals surface area (Å²) < 4.78 is 14.1. The highest BCUT2D eigenvalue weighted by Gasteiger charge is 2.14. The van der Waals surface area contributed by atoms with Crippen LogP contribution in [0.4, 0.5) is 4.39 Å². The highest BCUT2D eigenvalue weighted by Crippen LogP contribution is 2.22. The van der Waals surface area contributed by atoms with Crippen LogP contribution in [0.2, 0.25) is 0 Å². The topological polar surface area (TPSA) is 19.0 Å². The smallest absolute Gasteiger partial charge is 0.128 e. The monoisotopic (exact) mass is 244 g/mol. The average Bonchev–Trinajstić information content (AvgIpc) is 3.04. The minimum Gasteiger partial charge on any atom is -0.361 e. The number of hydrogen-bond donors (Lipinski definition) is 1. The molecule has 1 aliphatic rings. The molecule has 0 spiro atoms. The molecule has 1 aromatic carbocycles. The quantitative estimate of drug-likeness (QED) is 0.876. The van der Waals surface area contributed by atoms with Gasteiger partial charge in [0.25, 0.3) is 0 Å². The summed E-state index contributed by atoms with van der Waals surface area (Å²) in [4.78, 5) is 5.41. The summed E-state index contributed by atoms with van der Waals surface area (Å²) in [6.07, 6.45) is 4.33. The van der Waals surface area contributed by atoms with Crippen LogP contribution in [0.5, 0.6) is 0 Å². The lowest BCUT2D eigenvalue weighted by Crippen LogP contribution is -2.19. The second-order valence-electron chi connectivity index (χ2n) is 4.87. The Kier molecular flexibility index (Phi) is 3.15. The Bertz CT molecular complexity index is 513. The number of aromatic amines is 1. The molecule has 0 unspecified atom stereocenters. The summed E-state index contributed by atoms with van der Waals surface area (Å²) in [5.41, 5.74) is 2.66. The fraction of sp³-hybridized carbons (Fsp3) is 0.333. The van der Waals surface area contributed by atoms with Gasteiger partial charge in [-0.3, -0.25) is 4.90 Å². The van der Waals surface area contributed by atoms with Crippen molar-refractivity contribution in [2.24, 2.45) is 0 Å². The fourth-order valence-electron chi connectivity index (χ4n) is 2.53. The number of likely N-dealkylation sites (tertiary alicyclic amines) is 1. The van der Waals surface area contributed by atoms with Gasteiger partial charge in [-0.15, -0.1) is 0 Å². The highest BCUT2D eigenvalue weighted by atomic mass is 19.1. The summed E-state index contributed by atoms with van der Waals surface area (Å²) in [6, 6.07) is 9.39. The minimum atomic E-state index is -0.103. The number of benzene rings is 1. The normalized spacial score (nSPS) is 16.3. The predicted molar refractivity (Wildman–Crippen MR) is 70.7 cm³/mol. The molecule has 0 amide bonds. The Morgan fingerprint density at radius 3 is 2.67 bits per heavy atom. The molecular weight excluding hydrogens is 227 g/mol. The van der Waals surface area contributed by atoms with E-state index in [0.29, 0.717) is 0 Å². The van der Waals surface area contributed by atoms with Crippen LogP contribution < -0.4 is 0 Å². The number of halogens is 1. The van der Waals surface area contributed by atoms with Crippen molar-refractivity contribution in [3.8, 4) is 11.3 Å². The van der Waals surface area contributed by atoms with Crippen molar-refractivity contribution in [1.29, 1.82) is 0 Å². The van der Waals surface area contributed by atoms with Gasteiger partial charge in [0.05, 0.1) is 0 Å². The molecule has 2 aromatic rings. The van der Waals surface area contributed by atoms with Gasteiger partial charge in [-0.1, -0.05) is 12.1 Å². The van der Waals surface area contributed by atoms with E-state index in [0.717, 1.165) is 36.5 Å². The highest BCUT2D eigenvalue weighted by molar-refractivity contribution is 5.59. The van der Waals surface area contributed by atoms with Crippen LogP contribution in [0.3, 0.4) is 0 Å². The van der Waals surface area contributed by atoms with E-state index in [4.69, 9.17) is 0 Å². The molecule has 0 bridgehead atoms. The first-order valence-electron chi connectivity index (χ1n) is 6.47. The molecule has 2 nitrogen and oxygen atoms in total. The lowest BCUT2D eigenvalue weighted by molar-refractivity contribution is 0.325. The first-order chi connectivity index (χ1) is 8.83. The van der Waals surface area contributed by atoms with Crippen LogP contribution in [-0.4, -0.2) is 23.0 Å². The number of rotatable bonds is 3. The molecule has 0 atom stereocenters. The van der Waals surface area contributed by atoms with Crippen molar-refractivity contribution in [1.82, 2.24) is 9.88 Å². The van der Waals surface area contributed by atoms with Gasteiger partial charge in [0.15, 0.2) is 0 Å². The molecule has 1 saturated heterocycles. The molecule has 3 heteroatoms. The molecule has 1 aromatic heterocycles. The predicted octanol–water partition coefficient (Wildman–Crippen LogP) is 3.42. The largest absolute Gasteiger partial charge is 0.361 e. The van der Waals surface area contributed by atoms with Crippen LogP contribution in [0.25, 0.3) is 11.3 Å². The van der Waals surface area contributed by atoms with Crippen LogP contribution in [0.15, 0.2) is 36.5 Å². The standard InChI is InChI=1S/C15H17FN2/c16-14-10-12(15-4-3-7-17-15)5-6-13(14)11-18-8-1-2-9-18/h3-7,10,17H,1-2,8-9,11H2. The van der Waals surface area contributed by atoms with Gasteiger partial charge in [0.1, 0.15) is 5.82 Å². The van der Waals surface area contributed by atoms with E-state index < -0.39 is 0 Å². The van der Waals surface area contributed by atoms with Gasteiger partial charge in [-0.25, -0.2) is 4.39 Å². The van der Waals surface area contributed by atoms with Crippen LogP contribution >= 0.6 is 0 Å². The number of nitrogens with zero attached hydrogens (tertiary/aromatic N) is 1. The van der Waals surface area contributed by atoms with E-state index in [1.165, 1.54) is 12.8 Å². The lowest BCUT2D eigenvalue weighted by atomic mass is 10.1. The first kappa shape index (κ1) is 11.5. The Hall–Kier alpha value is -1.61. The summed E-state index contributed by atoms with van der Waals surface area (Å²) in [5, 5.41) is 0. The van der Waals surface area contributed by atoms with Gasteiger partial charge < -0.3 is 4.98 Å². The third-order valence-corrected chi connectivity index (χ3v) is 3.55. The van der Waals surface area contributed by atoms with E-state index in [-0.39, 0.29) is 5.82 Å². The van der Waals surface area contributed by atoms with Gasteiger partial charge in [-0.2, -0.15) is 0 Å². The summed E-state index contributed by atoms with van der Waals surface area (Å²) in [7, 11) is 0. The molecule has 1 fully saturated rings. The second kappa shape index (κ2) is 4.94. The van der Waals surface area contributed by atoms with Crippen molar-refractivity contribution in [3.63, 3.8) is 0 Å². The first-order valence-corrected chi connectivity index (χ1v) is 6.47. The van der Waals surface area contributed by atoms with E-state index in [1.54, 1.807) is 6.07 Å². The maximum absolute atomic E-state index is 14.1. The molecule has 2 heterocycles. The van der Waals surface area contributed by atoms with Crippen LogP contribution in [-0.2, 0) is 6.54 Å². The van der Waals surface area contributed by atoms with Gasteiger partial charge in [-0.05, 0) is 44.1 Å². The molecule has 1 N–H and O–H groups in total. The van der Waals surface area contributed by atoms with E-state index in [9.17, 15) is 4.39 Å². The van der Waals surface area contributed by atoms with Crippen LogP contribution in [0.1, 0.15) is 18.4 Å².